The fourth-order valence-electron chi connectivity index (χ4n) is 3.67. The zero-order chi connectivity index (χ0) is 19.2. The van der Waals surface area contributed by atoms with Gasteiger partial charge in [-0.3, -0.25) is 9.67 Å². The minimum Gasteiger partial charge on any atom is -0.393 e. The molecule has 0 saturated heterocycles. The summed E-state index contributed by atoms with van der Waals surface area (Å²) < 4.78 is 30.3. The van der Waals surface area contributed by atoms with Crippen LogP contribution >= 0.6 is 0 Å². The van der Waals surface area contributed by atoms with Gasteiger partial charge < -0.3 is 5.11 Å². The first-order valence-corrected chi connectivity index (χ1v) is 10.4. The highest BCUT2D eigenvalue weighted by molar-refractivity contribution is 7.89. The molecule has 27 heavy (non-hydrogen) atoms. The summed E-state index contributed by atoms with van der Waals surface area (Å²) >= 11 is 0. The Bertz CT molecular complexity index is 1090. The number of aryl methyl sites for hydroxylation is 2. The van der Waals surface area contributed by atoms with E-state index in [4.69, 9.17) is 0 Å². The van der Waals surface area contributed by atoms with Crippen molar-refractivity contribution in [1.29, 1.82) is 0 Å². The average molecular weight is 386 g/mol. The summed E-state index contributed by atoms with van der Waals surface area (Å²) in [5.41, 5.74) is 2.12. The molecule has 0 amide bonds. The van der Waals surface area contributed by atoms with Crippen LogP contribution in [0.4, 0.5) is 0 Å². The standard InChI is InChI=1S/C19H22N4O3S/c1-12-18(11-23(2)21-12)27(25,26)22-19(14-8-16(24)9-14)15-7-13-5-3-4-6-17(13)20-10-15/h3-7,10-11,14,16,19,22,24H,8-9H2,1-2H3/t14?,16?,19-/m1/s1. The highest BCUT2D eigenvalue weighted by Gasteiger charge is 2.38. The first-order valence-electron chi connectivity index (χ1n) is 8.89. The maximum Gasteiger partial charge on any atom is 0.244 e. The molecule has 0 unspecified atom stereocenters. The van der Waals surface area contributed by atoms with Gasteiger partial charge in [0.05, 0.1) is 23.4 Å². The molecule has 0 aliphatic heterocycles. The molecule has 3 aromatic rings. The Hall–Kier alpha value is -2.29. The lowest BCUT2D eigenvalue weighted by Gasteiger charge is -2.38. The largest absolute Gasteiger partial charge is 0.393 e. The smallest absolute Gasteiger partial charge is 0.244 e. The SMILES string of the molecule is Cc1nn(C)cc1S(=O)(=O)N[C@@H](c1cnc2ccccc2c1)C1CC(O)C1. The van der Waals surface area contributed by atoms with Crippen molar-refractivity contribution >= 4 is 20.9 Å². The first kappa shape index (κ1) is 18.1. The fourth-order valence-corrected chi connectivity index (χ4v) is 5.18. The molecule has 0 spiro atoms. The van der Waals surface area contributed by atoms with Crippen LogP contribution in [-0.2, 0) is 17.1 Å². The van der Waals surface area contributed by atoms with Crippen LogP contribution in [0.2, 0.25) is 0 Å². The second kappa shape index (κ2) is 6.70. The summed E-state index contributed by atoms with van der Waals surface area (Å²) in [5.74, 6) is 0.0229. The van der Waals surface area contributed by atoms with E-state index in [1.807, 2.05) is 30.3 Å². The number of aromatic nitrogens is 3. The van der Waals surface area contributed by atoms with E-state index in [0.29, 0.717) is 18.5 Å². The Labute approximate surface area is 158 Å². The fraction of sp³-hybridized carbons (Fsp3) is 0.368. The van der Waals surface area contributed by atoms with Crippen molar-refractivity contribution in [3.05, 3.63) is 54.0 Å². The molecule has 4 rings (SSSR count). The molecule has 2 aromatic heterocycles. The number of fused-ring (bicyclic) bond motifs is 1. The Balaban J connectivity index is 1.71. The van der Waals surface area contributed by atoms with Gasteiger partial charge in [-0.15, -0.1) is 0 Å². The van der Waals surface area contributed by atoms with E-state index in [9.17, 15) is 13.5 Å². The number of aliphatic hydroxyl groups is 1. The number of pyridine rings is 1. The molecule has 0 radical (unpaired) electrons. The summed E-state index contributed by atoms with van der Waals surface area (Å²) in [6.45, 7) is 1.67. The minimum absolute atomic E-state index is 0.0229. The van der Waals surface area contributed by atoms with Crippen molar-refractivity contribution in [3.8, 4) is 0 Å². The van der Waals surface area contributed by atoms with Gasteiger partial charge in [-0.2, -0.15) is 5.10 Å². The van der Waals surface area contributed by atoms with Crippen LogP contribution in [-0.4, -0.2) is 34.4 Å². The van der Waals surface area contributed by atoms with Crippen LogP contribution in [0.1, 0.15) is 30.1 Å². The Morgan fingerprint density at radius 2 is 2.04 bits per heavy atom. The number of nitrogens with one attached hydrogen (secondary N) is 1. The maximum absolute atomic E-state index is 13.0. The van der Waals surface area contributed by atoms with Crippen molar-refractivity contribution < 1.29 is 13.5 Å². The quantitative estimate of drug-likeness (QED) is 0.700. The molecule has 1 saturated carbocycles. The number of para-hydroxylation sites is 1. The van der Waals surface area contributed by atoms with Crippen molar-refractivity contribution in [2.75, 3.05) is 0 Å². The zero-order valence-electron chi connectivity index (χ0n) is 15.2. The molecule has 1 aromatic carbocycles. The lowest BCUT2D eigenvalue weighted by Crippen LogP contribution is -2.41. The number of rotatable bonds is 5. The topological polar surface area (TPSA) is 97.1 Å². The van der Waals surface area contributed by atoms with Crippen molar-refractivity contribution in [2.45, 2.75) is 36.8 Å². The average Bonchev–Trinajstić information content (AvgIpc) is 2.96. The number of aliphatic hydroxyl groups excluding tert-OH is 1. The molecule has 2 N–H and O–H groups in total. The summed E-state index contributed by atoms with van der Waals surface area (Å²) in [7, 11) is -2.06. The maximum atomic E-state index is 13.0. The lowest BCUT2D eigenvalue weighted by molar-refractivity contribution is 0.0280. The van der Waals surface area contributed by atoms with Crippen molar-refractivity contribution in [2.24, 2.45) is 13.0 Å². The molecular formula is C19H22N4O3S. The van der Waals surface area contributed by atoms with Gasteiger partial charge in [-0.25, -0.2) is 13.1 Å². The van der Waals surface area contributed by atoms with Crippen molar-refractivity contribution in [1.82, 2.24) is 19.5 Å². The molecule has 7 nitrogen and oxygen atoms in total. The Morgan fingerprint density at radius 1 is 1.30 bits per heavy atom. The third kappa shape index (κ3) is 3.47. The normalized spacial score (nSPS) is 21.1. The first-order chi connectivity index (χ1) is 12.8. The van der Waals surface area contributed by atoms with Crippen LogP contribution in [0.5, 0.6) is 0 Å². The Morgan fingerprint density at radius 3 is 2.70 bits per heavy atom. The summed E-state index contributed by atoms with van der Waals surface area (Å²) in [6.07, 6.45) is 3.97. The van der Waals surface area contributed by atoms with Crippen LogP contribution in [0.25, 0.3) is 10.9 Å². The summed E-state index contributed by atoms with van der Waals surface area (Å²) in [5, 5.41) is 14.8. The number of hydrogen-bond acceptors (Lipinski definition) is 5. The third-order valence-corrected chi connectivity index (χ3v) is 6.68. The summed E-state index contributed by atoms with van der Waals surface area (Å²) in [4.78, 5) is 4.64. The second-order valence-corrected chi connectivity index (χ2v) is 8.88. The zero-order valence-corrected chi connectivity index (χ0v) is 16.0. The minimum atomic E-state index is -3.75. The van der Waals surface area contributed by atoms with E-state index in [-0.39, 0.29) is 16.9 Å². The molecule has 1 fully saturated rings. The van der Waals surface area contributed by atoms with Crippen LogP contribution in [0.15, 0.2) is 47.6 Å². The summed E-state index contributed by atoms with van der Waals surface area (Å²) in [6, 6.07) is 9.25. The number of hydrogen-bond donors (Lipinski definition) is 2. The van der Waals surface area contributed by atoms with E-state index in [2.05, 4.69) is 14.8 Å². The van der Waals surface area contributed by atoms with Gasteiger partial charge in [0.15, 0.2) is 0 Å². The van der Waals surface area contributed by atoms with Crippen molar-refractivity contribution in [3.63, 3.8) is 0 Å². The van der Waals surface area contributed by atoms with Gasteiger partial charge in [0.1, 0.15) is 4.90 Å². The van der Waals surface area contributed by atoms with Gasteiger partial charge in [-0.05, 0) is 43.4 Å². The molecule has 0 bridgehead atoms. The number of benzene rings is 1. The van der Waals surface area contributed by atoms with E-state index in [0.717, 1.165) is 16.5 Å². The molecule has 142 valence electrons. The van der Waals surface area contributed by atoms with Gasteiger partial charge >= 0.3 is 0 Å². The van der Waals surface area contributed by atoms with Gasteiger partial charge in [0.25, 0.3) is 0 Å². The molecule has 2 heterocycles. The second-order valence-electron chi connectivity index (χ2n) is 7.20. The van der Waals surface area contributed by atoms with E-state index in [1.165, 1.54) is 10.9 Å². The van der Waals surface area contributed by atoms with Gasteiger partial charge in [-0.1, -0.05) is 18.2 Å². The molecular weight excluding hydrogens is 364 g/mol. The number of nitrogens with zero attached hydrogens (tertiary/aromatic N) is 3. The van der Waals surface area contributed by atoms with Gasteiger partial charge in [0, 0.05) is 24.8 Å². The predicted molar refractivity (Wildman–Crippen MR) is 101 cm³/mol. The third-order valence-electron chi connectivity index (χ3n) is 5.13. The van der Waals surface area contributed by atoms with E-state index < -0.39 is 16.1 Å². The van der Waals surface area contributed by atoms with Crippen LogP contribution < -0.4 is 4.72 Å². The van der Waals surface area contributed by atoms with E-state index in [1.54, 1.807) is 20.2 Å². The Kier molecular flexibility index (Phi) is 4.49. The molecule has 1 aliphatic carbocycles. The van der Waals surface area contributed by atoms with Gasteiger partial charge in [0.2, 0.25) is 10.0 Å². The number of sulfonamides is 1. The molecule has 8 heteroatoms. The monoisotopic (exact) mass is 386 g/mol. The highest BCUT2D eigenvalue weighted by Crippen LogP contribution is 2.39. The highest BCUT2D eigenvalue weighted by atomic mass is 32.2. The van der Waals surface area contributed by atoms with E-state index >= 15 is 0 Å². The van der Waals surface area contributed by atoms with Crippen LogP contribution in [0, 0.1) is 12.8 Å². The van der Waals surface area contributed by atoms with Crippen LogP contribution in [0.3, 0.4) is 0 Å². The lowest BCUT2D eigenvalue weighted by atomic mass is 9.75. The molecule has 1 atom stereocenters. The predicted octanol–water partition coefficient (Wildman–Crippen LogP) is 2.07. The molecule has 1 aliphatic rings.